The molecule has 0 saturated heterocycles. The van der Waals surface area contributed by atoms with Crippen LogP contribution in [0.3, 0.4) is 0 Å². The molecule has 0 radical (unpaired) electrons. The van der Waals surface area contributed by atoms with E-state index in [1.807, 2.05) is 0 Å². The molecule has 0 unspecified atom stereocenters. The molecule has 2 aromatic carbocycles. The highest BCUT2D eigenvalue weighted by Crippen LogP contribution is 2.38. The maximum Gasteiger partial charge on any atom is 0.255 e. The van der Waals surface area contributed by atoms with Gasteiger partial charge >= 0.3 is 0 Å². The summed E-state index contributed by atoms with van der Waals surface area (Å²) in [6.45, 7) is 2.82. The first-order valence-electron chi connectivity index (χ1n) is 8.37. The van der Waals surface area contributed by atoms with Gasteiger partial charge in [-0.1, -0.05) is 18.5 Å². The van der Waals surface area contributed by atoms with Gasteiger partial charge in [0.05, 0.1) is 18.2 Å². The van der Waals surface area contributed by atoms with Crippen molar-refractivity contribution in [3.63, 3.8) is 0 Å². The van der Waals surface area contributed by atoms with Crippen molar-refractivity contribution in [2.75, 3.05) is 23.8 Å². The third-order valence-electron chi connectivity index (χ3n) is 3.81. The van der Waals surface area contributed by atoms with Gasteiger partial charge in [-0.3, -0.25) is 9.59 Å². The van der Waals surface area contributed by atoms with Crippen molar-refractivity contribution in [1.29, 1.82) is 0 Å². The molecular formula is C19H19ClN2O4. The molecule has 0 aliphatic carbocycles. The lowest BCUT2D eigenvalue weighted by Crippen LogP contribution is -2.13. The van der Waals surface area contributed by atoms with Crippen LogP contribution in [0.25, 0.3) is 0 Å². The summed E-state index contributed by atoms with van der Waals surface area (Å²) >= 11 is 6.22. The fraction of sp³-hybridized carbons (Fsp3) is 0.263. The first kappa shape index (κ1) is 18.1. The normalized spacial score (nSPS) is 12.8. The fourth-order valence-corrected chi connectivity index (χ4v) is 2.72. The van der Waals surface area contributed by atoms with E-state index in [-0.39, 0.29) is 11.8 Å². The molecule has 2 aromatic rings. The van der Waals surface area contributed by atoms with E-state index in [9.17, 15) is 9.59 Å². The van der Waals surface area contributed by atoms with Crippen LogP contribution in [0.2, 0.25) is 5.02 Å². The number of ether oxygens (including phenoxy) is 2. The zero-order valence-corrected chi connectivity index (χ0v) is 15.1. The molecular weight excluding hydrogens is 356 g/mol. The number of halogens is 1. The molecule has 0 aromatic heterocycles. The monoisotopic (exact) mass is 374 g/mol. The van der Waals surface area contributed by atoms with E-state index in [2.05, 4.69) is 10.6 Å². The average Bonchev–Trinajstić information content (AvgIpc) is 2.89. The minimum Gasteiger partial charge on any atom is -0.489 e. The molecule has 26 heavy (non-hydrogen) atoms. The van der Waals surface area contributed by atoms with Crippen molar-refractivity contribution in [3.8, 4) is 11.5 Å². The van der Waals surface area contributed by atoms with Crippen LogP contribution in [-0.2, 0) is 4.79 Å². The molecule has 1 heterocycles. The van der Waals surface area contributed by atoms with Crippen molar-refractivity contribution in [2.24, 2.45) is 0 Å². The highest BCUT2D eigenvalue weighted by molar-refractivity contribution is 6.32. The number of rotatable bonds is 4. The maximum atomic E-state index is 12.5. The lowest BCUT2D eigenvalue weighted by Gasteiger charge is -2.12. The van der Waals surface area contributed by atoms with Gasteiger partial charge in [0, 0.05) is 29.8 Å². The molecule has 0 saturated carbocycles. The molecule has 0 spiro atoms. The van der Waals surface area contributed by atoms with Crippen LogP contribution in [0, 0.1) is 0 Å². The molecule has 2 N–H and O–H groups in total. The third kappa shape index (κ3) is 4.26. The molecule has 136 valence electrons. The number of fused-ring (bicyclic) bond motifs is 1. The van der Waals surface area contributed by atoms with E-state index >= 15 is 0 Å². The van der Waals surface area contributed by atoms with E-state index in [1.54, 1.807) is 43.3 Å². The molecule has 6 nitrogen and oxygen atoms in total. The van der Waals surface area contributed by atoms with Crippen LogP contribution in [0.1, 0.15) is 30.1 Å². The van der Waals surface area contributed by atoms with Gasteiger partial charge in [0.25, 0.3) is 5.91 Å². The van der Waals surface area contributed by atoms with E-state index < -0.39 is 0 Å². The molecule has 0 atom stereocenters. The number of hydrogen-bond donors (Lipinski definition) is 2. The highest BCUT2D eigenvalue weighted by atomic mass is 35.5. The van der Waals surface area contributed by atoms with E-state index in [0.29, 0.717) is 53.1 Å². The standard InChI is InChI=1S/C19H19ClN2O4/c1-2-17(23)21-13-4-6-14(7-5-13)22-19(24)12-10-15(20)18-16(11-12)25-8-3-9-26-18/h4-7,10-11H,2-3,8-9H2,1H3,(H,21,23)(H,22,24). The Hall–Kier alpha value is -2.73. The molecule has 1 aliphatic rings. The second kappa shape index (κ2) is 8.10. The summed E-state index contributed by atoms with van der Waals surface area (Å²) in [5, 5.41) is 5.89. The van der Waals surface area contributed by atoms with Crippen LogP contribution < -0.4 is 20.1 Å². The van der Waals surface area contributed by atoms with Gasteiger partial charge in [-0.05, 0) is 36.4 Å². The predicted octanol–water partition coefficient (Wildman–Crippen LogP) is 4.10. The van der Waals surface area contributed by atoms with Crippen LogP contribution in [0.4, 0.5) is 11.4 Å². The van der Waals surface area contributed by atoms with Crippen LogP contribution in [-0.4, -0.2) is 25.0 Å². The minimum atomic E-state index is -0.312. The highest BCUT2D eigenvalue weighted by Gasteiger charge is 2.18. The Morgan fingerprint density at radius 2 is 1.69 bits per heavy atom. The first-order chi connectivity index (χ1) is 12.6. The topological polar surface area (TPSA) is 76.7 Å². The molecule has 3 rings (SSSR count). The molecule has 7 heteroatoms. The zero-order valence-electron chi connectivity index (χ0n) is 14.3. The lowest BCUT2D eigenvalue weighted by molar-refractivity contribution is -0.115. The van der Waals surface area contributed by atoms with Crippen molar-refractivity contribution in [1.82, 2.24) is 0 Å². The van der Waals surface area contributed by atoms with Gasteiger partial charge in [-0.15, -0.1) is 0 Å². The Balaban J connectivity index is 1.73. The molecule has 1 aliphatic heterocycles. The summed E-state index contributed by atoms with van der Waals surface area (Å²) in [5.41, 5.74) is 1.66. The van der Waals surface area contributed by atoms with Crippen LogP contribution in [0.15, 0.2) is 36.4 Å². The SMILES string of the molecule is CCC(=O)Nc1ccc(NC(=O)c2cc(Cl)c3c(c2)OCCCO3)cc1. The summed E-state index contributed by atoms with van der Waals surface area (Å²) < 4.78 is 11.2. The van der Waals surface area contributed by atoms with Gasteiger partial charge in [-0.25, -0.2) is 0 Å². The number of benzene rings is 2. The van der Waals surface area contributed by atoms with Gasteiger partial charge in [0.1, 0.15) is 0 Å². The van der Waals surface area contributed by atoms with Crippen molar-refractivity contribution < 1.29 is 19.1 Å². The quantitative estimate of drug-likeness (QED) is 0.844. The Labute approximate surface area is 156 Å². The van der Waals surface area contributed by atoms with Gasteiger partial charge in [-0.2, -0.15) is 0 Å². The number of nitrogens with one attached hydrogen (secondary N) is 2. The second-order valence-corrected chi connectivity index (χ2v) is 6.18. The summed E-state index contributed by atoms with van der Waals surface area (Å²) in [6.07, 6.45) is 1.16. The summed E-state index contributed by atoms with van der Waals surface area (Å²) in [7, 11) is 0. The van der Waals surface area contributed by atoms with Gasteiger partial charge < -0.3 is 20.1 Å². The van der Waals surface area contributed by atoms with Crippen molar-refractivity contribution >= 4 is 34.8 Å². The van der Waals surface area contributed by atoms with Crippen LogP contribution in [0.5, 0.6) is 11.5 Å². The smallest absolute Gasteiger partial charge is 0.255 e. The minimum absolute atomic E-state index is 0.0661. The van der Waals surface area contributed by atoms with E-state index in [1.165, 1.54) is 0 Å². The predicted molar refractivity (Wildman–Crippen MR) is 100 cm³/mol. The summed E-state index contributed by atoms with van der Waals surface area (Å²) in [6, 6.07) is 10.1. The number of anilines is 2. The number of carbonyl (C=O) groups excluding carboxylic acids is 2. The fourth-order valence-electron chi connectivity index (χ4n) is 2.45. The van der Waals surface area contributed by atoms with E-state index in [4.69, 9.17) is 21.1 Å². The second-order valence-electron chi connectivity index (χ2n) is 5.77. The third-order valence-corrected chi connectivity index (χ3v) is 4.09. The van der Waals surface area contributed by atoms with Crippen molar-refractivity contribution in [2.45, 2.75) is 19.8 Å². The van der Waals surface area contributed by atoms with Gasteiger partial charge in [0.2, 0.25) is 5.91 Å². The largest absolute Gasteiger partial charge is 0.489 e. The van der Waals surface area contributed by atoms with Crippen LogP contribution >= 0.6 is 11.6 Å². The molecule has 0 bridgehead atoms. The summed E-state index contributed by atoms with van der Waals surface area (Å²) in [4.78, 5) is 23.9. The lowest BCUT2D eigenvalue weighted by atomic mass is 10.1. The number of amides is 2. The maximum absolute atomic E-state index is 12.5. The zero-order chi connectivity index (χ0) is 18.5. The first-order valence-corrected chi connectivity index (χ1v) is 8.75. The summed E-state index contributed by atoms with van der Waals surface area (Å²) in [5.74, 6) is 0.561. The molecule has 0 fully saturated rings. The molecule has 2 amide bonds. The Morgan fingerprint density at radius 3 is 2.38 bits per heavy atom. The van der Waals surface area contributed by atoms with Gasteiger partial charge in [0.15, 0.2) is 11.5 Å². The number of hydrogen-bond acceptors (Lipinski definition) is 4. The van der Waals surface area contributed by atoms with E-state index in [0.717, 1.165) is 6.42 Å². The Morgan fingerprint density at radius 1 is 1.04 bits per heavy atom. The Kier molecular flexibility index (Phi) is 5.63. The van der Waals surface area contributed by atoms with Crippen molar-refractivity contribution in [3.05, 3.63) is 47.0 Å². The average molecular weight is 375 g/mol. The Bertz CT molecular complexity index is 821. The number of carbonyl (C=O) groups is 2.